The number of hydrogen-bond acceptors (Lipinski definition) is 5. The van der Waals surface area contributed by atoms with Gasteiger partial charge in [0.1, 0.15) is 10.7 Å². The van der Waals surface area contributed by atoms with Crippen molar-refractivity contribution in [3.8, 4) is 0 Å². The predicted molar refractivity (Wildman–Crippen MR) is 78.0 cm³/mol. The van der Waals surface area contributed by atoms with Crippen LogP contribution in [-0.2, 0) is 30.2 Å². The molecule has 0 aliphatic rings. The van der Waals surface area contributed by atoms with E-state index in [2.05, 4.69) is 14.8 Å². The largest absolute Gasteiger partial charge is 0.337 e. The molecule has 0 amide bonds. The first-order valence-corrected chi connectivity index (χ1v) is 8.05. The Kier molecular flexibility index (Phi) is 4.45. The molecule has 0 unspecified atom stereocenters. The average Bonchev–Trinajstić information content (AvgIpc) is 2.92. The third kappa shape index (κ3) is 3.14. The van der Waals surface area contributed by atoms with E-state index in [-0.39, 0.29) is 11.4 Å². The van der Waals surface area contributed by atoms with E-state index in [1.54, 1.807) is 35.5 Å². The maximum Gasteiger partial charge on any atom is 0.244 e. The molecule has 0 saturated heterocycles. The summed E-state index contributed by atoms with van der Waals surface area (Å²) in [6.07, 6.45) is 3.39. The number of nitrogens with one attached hydrogen (secondary N) is 1. The summed E-state index contributed by atoms with van der Waals surface area (Å²) in [6, 6.07) is 0. The highest BCUT2D eigenvalue weighted by atomic mass is 32.2. The van der Waals surface area contributed by atoms with E-state index in [0.717, 1.165) is 0 Å². The molecule has 2 aromatic heterocycles. The van der Waals surface area contributed by atoms with Crippen LogP contribution in [0.5, 0.6) is 0 Å². The second kappa shape index (κ2) is 5.96. The Morgan fingerprint density at radius 1 is 1.38 bits per heavy atom. The summed E-state index contributed by atoms with van der Waals surface area (Å²) >= 11 is 0. The first-order valence-electron chi connectivity index (χ1n) is 6.56. The molecule has 116 valence electrons. The van der Waals surface area contributed by atoms with E-state index >= 15 is 0 Å². The van der Waals surface area contributed by atoms with Gasteiger partial charge in [0.05, 0.1) is 24.5 Å². The van der Waals surface area contributed by atoms with E-state index in [1.165, 1.54) is 0 Å². The van der Waals surface area contributed by atoms with E-state index in [9.17, 15) is 8.42 Å². The normalized spacial score (nSPS) is 12.0. The summed E-state index contributed by atoms with van der Waals surface area (Å²) < 4.78 is 30.9. The van der Waals surface area contributed by atoms with Crippen LogP contribution in [0.15, 0.2) is 17.3 Å². The number of aromatic nitrogens is 4. The van der Waals surface area contributed by atoms with Crippen LogP contribution < -0.4 is 10.5 Å². The Balaban J connectivity index is 2.25. The summed E-state index contributed by atoms with van der Waals surface area (Å²) in [6.45, 7) is 4.43. The molecule has 0 fully saturated rings. The van der Waals surface area contributed by atoms with Gasteiger partial charge in [0.2, 0.25) is 10.0 Å². The van der Waals surface area contributed by atoms with E-state index in [0.29, 0.717) is 30.3 Å². The molecule has 2 heterocycles. The number of imidazole rings is 1. The zero-order valence-corrected chi connectivity index (χ0v) is 13.2. The molecule has 2 rings (SSSR count). The molecular formula is C12H20N6O2S. The highest BCUT2D eigenvalue weighted by Crippen LogP contribution is 2.19. The van der Waals surface area contributed by atoms with Crippen molar-refractivity contribution < 1.29 is 8.42 Å². The molecule has 0 radical (unpaired) electrons. The van der Waals surface area contributed by atoms with Gasteiger partial charge in [-0.15, -0.1) is 0 Å². The van der Waals surface area contributed by atoms with Gasteiger partial charge in [0.25, 0.3) is 0 Å². The summed E-state index contributed by atoms with van der Waals surface area (Å²) in [5.74, 6) is 0.642. The fraction of sp³-hybridized carbons (Fsp3) is 0.500. The van der Waals surface area contributed by atoms with Crippen LogP contribution in [0.25, 0.3) is 0 Å². The Labute approximate surface area is 124 Å². The van der Waals surface area contributed by atoms with Crippen LogP contribution >= 0.6 is 0 Å². The molecule has 0 bridgehead atoms. The third-order valence-corrected chi connectivity index (χ3v) is 4.92. The van der Waals surface area contributed by atoms with Gasteiger partial charge in [0.15, 0.2) is 0 Å². The topological polar surface area (TPSA) is 108 Å². The number of aryl methyl sites for hydroxylation is 2. The predicted octanol–water partition coefficient (Wildman–Crippen LogP) is -0.329. The molecule has 8 nitrogen and oxygen atoms in total. The van der Waals surface area contributed by atoms with Crippen molar-refractivity contribution in [2.75, 3.05) is 6.54 Å². The van der Waals surface area contributed by atoms with Crippen LogP contribution in [0.4, 0.5) is 0 Å². The minimum absolute atomic E-state index is 0.132. The molecule has 2 aromatic rings. The molecule has 0 aromatic carbocycles. The summed E-state index contributed by atoms with van der Waals surface area (Å²) in [7, 11) is -1.83. The standard InChI is InChI=1S/C12H20N6O2S/c1-9-12(10(2)18(16-9)6-4-13)21(19,20)15-8-11-14-5-7-17(11)3/h5,7,15H,4,6,8,13H2,1-3H3. The lowest BCUT2D eigenvalue weighted by molar-refractivity contribution is 0.574. The number of hydrogen-bond donors (Lipinski definition) is 2. The van der Waals surface area contributed by atoms with Crippen molar-refractivity contribution in [2.24, 2.45) is 12.8 Å². The lowest BCUT2D eigenvalue weighted by Crippen LogP contribution is -2.26. The van der Waals surface area contributed by atoms with Crippen molar-refractivity contribution in [1.29, 1.82) is 0 Å². The quantitative estimate of drug-likeness (QED) is 0.759. The molecular weight excluding hydrogens is 292 g/mol. The van der Waals surface area contributed by atoms with Crippen molar-refractivity contribution in [3.63, 3.8) is 0 Å². The SMILES string of the molecule is Cc1nn(CCN)c(C)c1S(=O)(=O)NCc1nccn1C. The molecule has 0 saturated carbocycles. The van der Waals surface area contributed by atoms with Gasteiger partial charge in [-0.25, -0.2) is 18.1 Å². The van der Waals surface area contributed by atoms with E-state index in [4.69, 9.17) is 5.73 Å². The average molecular weight is 312 g/mol. The maximum atomic E-state index is 12.5. The van der Waals surface area contributed by atoms with E-state index in [1.807, 2.05) is 7.05 Å². The van der Waals surface area contributed by atoms with Crippen molar-refractivity contribution >= 4 is 10.0 Å². The Bertz CT molecular complexity index is 731. The zero-order chi connectivity index (χ0) is 15.6. The molecule has 3 N–H and O–H groups in total. The van der Waals surface area contributed by atoms with Crippen molar-refractivity contribution in [3.05, 3.63) is 29.6 Å². The highest BCUT2D eigenvalue weighted by Gasteiger charge is 2.24. The summed E-state index contributed by atoms with van der Waals surface area (Å²) in [5.41, 5.74) is 6.55. The second-order valence-corrected chi connectivity index (χ2v) is 6.49. The van der Waals surface area contributed by atoms with Crippen LogP contribution in [0, 0.1) is 13.8 Å². The van der Waals surface area contributed by atoms with Gasteiger partial charge in [0, 0.05) is 26.0 Å². The third-order valence-electron chi connectivity index (χ3n) is 3.27. The smallest absolute Gasteiger partial charge is 0.244 e. The van der Waals surface area contributed by atoms with Gasteiger partial charge in [-0.05, 0) is 13.8 Å². The minimum atomic E-state index is -3.64. The van der Waals surface area contributed by atoms with Crippen LogP contribution in [-0.4, -0.2) is 34.3 Å². The number of rotatable bonds is 6. The molecule has 0 aliphatic heterocycles. The zero-order valence-electron chi connectivity index (χ0n) is 12.4. The lowest BCUT2D eigenvalue weighted by atomic mass is 10.4. The van der Waals surface area contributed by atoms with Gasteiger partial charge in [-0.3, -0.25) is 4.68 Å². The van der Waals surface area contributed by atoms with Crippen molar-refractivity contribution in [1.82, 2.24) is 24.1 Å². The Hall–Kier alpha value is -1.71. The summed E-state index contributed by atoms with van der Waals surface area (Å²) in [4.78, 5) is 4.30. The minimum Gasteiger partial charge on any atom is -0.337 e. The number of sulfonamides is 1. The van der Waals surface area contributed by atoms with Gasteiger partial charge in [-0.2, -0.15) is 5.10 Å². The maximum absolute atomic E-state index is 12.5. The van der Waals surface area contributed by atoms with Crippen LogP contribution in [0.3, 0.4) is 0 Å². The van der Waals surface area contributed by atoms with Crippen LogP contribution in [0.2, 0.25) is 0 Å². The fourth-order valence-corrected chi connectivity index (χ4v) is 3.60. The molecule has 9 heteroatoms. The molecule has 0 atom stereocenters. The number of nitrogens with zero attached hydrogens (tertiary/aromatic N) is 4. The summed E-state index contributed by atoms with van der Waals surface area (Å²) in [5, 5.41) is 4.23. The highest BCUT2D eigenvalue weighted by molar-refractivity contribution is 7.89. The Morgan fingerprint density at radius 2 is 2.10 bits per heavy atom. The molecule has 0 spiro atoms. The van der Waals surface area contributed by atoms with Crippen molar-refractivity contribution in [2.45, 2.75) is 31.8 Å². The first-order chi connectivity index (χ1) is 9.86. The van der Waals surface area contributed by atoms with E-state index < -0.39 is 10.0 Å². The molecule has 0 aliphatic carbocycles. The fourth-order valence-electron chi connectivity index (χ4n) is 2.21. The Morgan fingerprint density at radius 3 is 2.67 bits per heavy atom. The van der Waals surface area contributed by atoms with Crippen LogP contribution in [0.1, 0.15) is 17.2 Å². The van der Waals surface area contributed by atoms with Gasteiger partial charge >= 0.3 is 0 Å². The lowest BCUT2D eigenvalue weighted by Gasteiger charge is -2.08. The second-order valence-electron chi connectivity index (χ2n) is 4.79. The van der Waals surface area contributed by atoms with Gasteiger partial charge in [-0.1, -0.05) is 0 Å². The number of nitrogens with two attached hydrogens (primary N) is 1. The first kappa shape index (κ1) is 15.7. The molecule has 21 heavy (non-hydrogen) atoms. The monoisotopic (exact) mass is 312 g/mol. The van der Waals surface area contributed by atoms with Gasteiger partial charge < -0.3 is 10.3 Å².